The van der Waals surface area contributed by atoms with Crippen molar-refractivity contribution in [3.8, 4) is 63.7 Å². The predicted molar refractivity (Wildman–Crippen MR) is 218 cm³/mol. The van der Waals surface area contributed by atoms with Crippen molar-refractivity contribution in [3.05, 3.63) is 173 Å². The lowest BCUT2D eigenvalue weighted by molar-refractivity contribution is 0.426. The lowest BCUT2D eigenvalue weighted by Crippen LogP contribution is -2.29. The first-order chi connectivity index (χ1) is 27.8. The highest BCUT2D eigenvalue weighted by Gasteiger charge is 2.27. The highest BCUT2D eigenvalue weighted by Crippen LogP contribution is 2.43. The molecular weight excluding hydrogens is 947 g/mol. The van der Waals surface area contributed by atoms with Crippen LogP contribution in [0.4, 0.5) is 23.2 Å². The molecule has 0 unspecified atom stereocenters. The largest absolute Gasteiger partial charge is 0.488 e. The summed E-state index contributed by atoms with van der Waals surface area (Å²) in [5, 5.41) is 62.4. The average molecular weight is 965 g/mol. The second-order valence-electron chi connectivity index (χ2n) is 11.4. The van der Waals surface area contributed by atoms with Gasteiger partial charge < -0.3 is 10.0 Å². The molecule has 0 saturated heterocycles. The van der Waals surface area contributed by atoms with Crippen molar-refractivity contribution in [2.24, 2.45) is 0 Å². The summed E-state index contributed by atoms with van der Waals surface area (Å²) >= 11 is 8.43. The second-order valence-corrected chi connectivity index (χ2v) is 13.8. The summed E-state index contributed by atoms with van der Waals surface area (Å²) in [4.78, 5) is 3.33. The molecular formula is C42H18BBr3F4N6O2. The predicted octanol–water partition coefficient (Wildman–Crippen LogP) is 10.5. The van der Waals surface area contributed by atoms with E-state index in [0.717, 1.165) is 0 Å². The zero-order valence-corrected chi connectivity index (χ0v) is 33.8. The number of hydrogen-bond donors (Lipinski definition) is 2. The standard InChI is InChI=1S/C28H12F2N4.C7H6BNO2.C7Br3F2N/c1-34-22-12-10-20(11-13-22)25-23(16-33)24(19-6-2-17(14-31)3-7-19)27(29)26(28(25)30)21-8-4-18(15-32)5-9-21;9-5-6-1-3-7(4-2-6)8(10)11;8-3-2(1-13)4(9)7(12)5(10)6(3)11/h2-13H;1-4,10-11H;. The van der Waals surface area contributed by atoms with Gasteiger partial charge in [-0.15, -0.1) is 0 Å². The molecule has 6 aromatic rings. The Bertz CT molecular complexity index is 2670. The monoisotopic (exact) mass is 962 g/mol. The molecule has 0 fully saturated rings. The number of rotatable bonds is 4. The Labute approximate surface area is 354 Å². The highest BCUT2D eigenvalue weighted by molar-refractivity contribution is 9.11. The average Bonchev–Trinajstić information content (AvgIpc) is 3.25. The van der Waals surface area contributed by atoms with Crippen LogP contribution in [0.1, 0.15) is 27.8 Å². The van der Waals surface area contributed by atoms with Crippen LogP contribution >= 0.6 is 47.8 Å². The summed E-state index contributed by atoms with van der Waals surface area (Å²) in [6, 6.07) is 33.4. The van der Waals surface area contributed by atoms with Gasteiger partial charge >= 0.3 is 7.12 Å². The first kappa shape index (κ1) is 44.1. The van der Waals surface area contributed by atoms with E-state index in [-0.39, 0.29) is 46.8 Å². The Kier molecular flexibility index (Phi) is 15.2. The van der Waals surface area contributed by atoms with E-state index >= 15 is 8.78 Å². The van der Waals surface area contributed by atoms with Crippen LogP contribution in [0.3, 0.4) is 0 Å². The molecule has 6 rings (SSSR count). The van der Waals surface area contributed by atoms with Gasteiger partial charge in [0, 0.05) is 11.1 Å². The molecule has 6 aromatic carbocycles. The normalized spacial score (nSPS) is 9.71. The molecule has 0 aromatic heterocycles. The summed E-state index contributed by atoms with van der Waals surface area (Å²) < 4.78 is 57.7. The lowest BCUT2D eigenvalue weighted by Gasteiger charge is -2.18. The zero-order valence-electron chi connectivity index (χ0n) is 29.0. The van der Waals surface area contributed by atoms with E-state index in [4.69, 9.17) is 37.7 Å². The number of nitrogens with zero attached hydrogens (tertiary/aromatic N) is 6. The van der Waals surface area contributed by atoms with Gasteiger partial charge in [-0.05, 0) is 106 Å². The van der Waals surface area contributed by atoms with Crippen molar-refractivity contribution in [1.29, 1.82) is 26.3 Å². The maximum atomic E-state index is 16.0. The molecule has 8 nitrogen and oxygen atoms in total. The summed E-state index contributed by atoms with van der Waals surface area (Å²) in [5.74, 6) is -3.49. The maximum Gasteiger partial charge on any atom is 0.488 e. The minimum absolute atomic E-state index is 0.0600. The van der Waals surface area contributed by atoms with Crippen molar-refractivity contribution in [2.45, 2.75) is 0 Å². The molecule has 0 bridgehead atoms. The number of nitriles is 5. The maximum absolute atomic E-state index is 16.0. The third-order valence-electron chi connectivity index (χ3n) is 8.04. The van der Waals surface area contributed by atoms with Crippen molar-refractivity contribution in [3.63, 3.8) is 0 Å². The molecule has 0 saturated carbocycles. The van der Waals surface area contributed by atoms with Crippen LogP contribution in [-0.4, -0.2) is 17.2 Å². The Hall–Kier alpha value is -6.60. The molecule has 2 N–H and O–H groups in total. The van der Waals surface area contributed by atoms with Gasteiger partial charge in [0.15, 0.2) is 17.3 Å². The van der Waals surface area contributed by atoms with Crippen molar-refractivity contribution in [2.75, 3.05) is 0 Å². The van der Waals surface area contributed by atoms with Crippen LogP contribution in [0.2, 0.25) is 0 Å². The zero-order chi connectivity index (χ0) is 42.7. The van der Waals surface area contributed by atoms with E-state index in [1.807, 2.05) is 24.3 Å². The summed E-state index contributed by atoms with van der Waals surface area (Å²) in [6.07, 6.45) is 0. The van der Waals surface area contributed by atoms with Gasteiger partial charge in [-0.2, -0.15) is 26.3 Å². The molecule has 0 radical (unpaired) electrons. The van der Waals surface area contributed by atoms with Crippen LogP contribution in [0.5, 0.6) is 0 Å². The van der Waals surface area contributed by atoms with Crippen molar-refractivity contribution >= 4 is 66.1 Å². The molecule has 0 heterocycles. The molecule has 0 aliphatic rings. The summed E-state index contributed by atoms with van der Waals surface area (Å²) in [6.45, 7) is 7.13. The third kappa shape index (κ3) is 9.67. The smallest absolute Gasteiger partial charge is 0.423 e. The Morgan fingerprint density at radius 1 is 0.466 bits per heavy atom. The van der Waals surface area contributed by atoms with Crippen LogP contribution in [0.15, 0.2) is 110 Å². The molecule has 0 atom stereocenters. The first-order valence-electron chi connectivity index (χ1n) is 16.0. The molecule has 0 amide bonds. The van der Waals surface area contributed by atoms with Crippen LogP contribution < -0.4 is 5.46 Å². The highest BCUT2D eigenvalue weighted by atomic mass is 79.9. The Morgan fingerprint density at radius 3 is 1.14 bits per heavy atom. The van der Waals surface area contributed by atoms with E-state index in [1.54, 1.807) is 6.07 Å². The number of halogens is 7. The minimum atomic E-state index is -1.46. The van der Waals surface area contributed by atoms with Gasteiger partial charge in [0.05, 0.1) is 71.6 Å². The molecule has 0 aliphatic carbocycles. The van der Waals surface area contributed by atoms with Gasteiger partial charge in [0.1, 0.15) is 23.8 Å². The number of benzene rings is 6. The van der Waals surface area contributed by atoms with Crippen molar-refractivity contribution in [1.82, 2.24) is 0 Å². The van der Waals surface area contributed by atoms with Crippen molar-refractivity contribution < 1.29 is 27.6 Å². The quantitative estimate of drug-likeness (QED) is 0.0584. The lowest BCUT2D eigenvalue weighted by atomic mass is 9.80. The molecule has 0 spiro atoms. The fraction of sp³-hybridized carbons (Fsp3) is 0. The van der Waals surface area contributed by atoms with E-state index < -0.39 is 30.4 Å². The second kappa shape index (κ2) is 20.0. The Morgan fingerprint density at radius 2 is 0.810 bits per heavy atom. The van der Waals surface area contributed by atoms with Crippen LogP contribution in [0.25, 0.3) is 38.2 Å². The third-order valence-corrected chi connectivity index (χ3v) is 10.2. The van der Waals surface area contributed by atoms with E-state index in [0.29, 0.717) is 39.0 Å². The van der Waals surface area contributed by atoms with Gasteiger partial charge in [-0.1, -0.05) is 60.7 Å². The van der Waals surface area contributed by atoms with Gasteiger partial charge in [-0.25, -0.2) is 22.4 Å². The molecule has 58 heavy (non-hydrogen) atoms. The number of hydrogen-bond acceptors (Lipinski definition) is 7. The summed E-state index contributed by atoms with van der Waals surface area (Å²) in [7, 11) is -1.46. The molecule has 0 aliphatic heterocycles. The van der Waals surface area contributed by atoms with Gasteiger partial charge in [-0.3, -0.25) is 0 Å². The van der Waals surface area contributed by atoms with Crippen LogP contribution in [-0.2, 0) is 0 Å². The fourth-order valence-electron chi connectivity index (χ4n) is 5.16. The fourth-order valence-corrected chi connectivity index (χ4v) is 7.32. The SMILES string of the molecule is N#Cc1c(Br)c(F)c(Br)c(F)c1Br.N#Cc1ccc(B(O)O)cc1.[C-]#[N+]c1ccc(-c2c(F)c(-c3ccc(C#N)cc3)c(F)c(-c3ccc(C#N)cc3)c2C#N)cc1. The topological polar surface area (TPSA) is 164 Å². The van der Waals surface area contributed by atoms with E-state index in [1.165, 1.54) is 97.1 Å². The minimum Gasteiger partial charge on any atom is -0.423 e. The van der Waals surface area contributed by atoms with E-state index in [2.05, 4.69) is 52.6 Å². The van der Waals surface area contributed by atoms with Gasteiger partial charge in [0.2, 0.25) is 0 Å². The van der Waals surface area contributed by atoms with Crippen LogP contribution in [0, 0.1) is 86.5 Å². The summed E-state index contributed by atoms with van der Waals surface area (Å²) in [5.41, 5.74) is 1.91. The molecule has 280 valence electrons. The van der Waals surface area contributed by atoms with Gasteiger partial charge in [0.25, 0.3) is 0 Å². The first-order valence-corrected chi connectivity index (χ1v) is 18.4. The van der Waals surface area contributed by atoms with E-state index in [9.17, 15) is 14.0 Å². The molecule has 16 heteroatoms. The Balaban J connectivity index is 0.000000252.